The van der Waals surface area contributed by atoms with Crippen LogP contribution in [0, 0.1) is 0 Å². The molecule has 0 saturated heterocycles. The molecule has 5 nitrogen and oxygen atoms in total. The van der Waals surface area contributed by atoms with Gasteiger partial charge in [0.15, 0.2) is 0 Å². The molecule has 0 aliphatic carbocycles. The number of nitrogens with one attached hydrogen (secondary N) is 1. The van der Waals surface area contributed by atoms with Gasteiger partial charge in [-0.25, -0.2) is 9.78 Å². The minimum absolute atomic E-state index is 0.317. The quantitative estimate of drug-likeness (QED) is 0.724. The molecule has 0 radical (unpaired) electrons. The van der Waals surface area contributed by atoms with Crippen molar-refractivity contribution < 1.29 is 9.53 Å². The van der Waals surface area contributed by atoms with E-state index in [-0.39, 0.29) is 5.97 Å². The number of rotatable bonds is 4. The molecular formula is C10H15N3O2. The van der Waals surface area contributed by atoms with E-state index in [1.165, 1.54) is 0 Å². The van der Waals surface area contributed by atoms with E-state index in [0.717, 1.165) is 0 Å². The van der Waals surface area contributed by atoms with Crippen molar-refractivity contribution >= 4 is 17.5 Å². The zero-order valence-corrected chi connectivity index (χ0v) is 8.86. The summed E-state index contributed by atoms with van der Waals surface area (Å²) in [4.78, 5) is 15.3. The Morgan fingerprint density at radius 3 is 3.07 bits per heavy atom. The molecule has 82 valence electrons. The van der Waals surface area contributed by atoms with Crippen molar-refractivity contribution in [2.24, 2.45) is 0 Å². The standard InChI is InChI=1S/C10H15N3O2/c1-3-15-10(14)7(2)13-9-8(11)5-4-6-12-9/h4-7H,3,11H2,1-2H3,(H,12,13)/t7-/m0/s1. The smallest absolute Gasteiger partial charge is 0.328 e. The molecule has 1 aromatic heterocycles. The van der Waals surface area contributed by atoms with Gasteiger partial charge in [0, 0.05) is 6.20 Å². The third-order valence-electron chi connectivity index (χ3n) is 1.83. The van der Waals surface area contributed by atoms with E-state index in [0.29, 0.717) is 18.1 Å². The van der Waals surface area contributed by atoms with Gasteiger partial charge in [-0.05, 0) is 26.0 Å². The SMILES string of the molecule is CCOC(=O)[C@H](C)Nc1ncccc1N. The van der Waals surface area contributed by atoms with Crippen LogP contribution in [-0.4, -0.2) is 23.6 Å². The number of aromatic nitrogens is 1. The Labute approximate surface area is 88.6 Å². The van der Waals surface area contributed by atoms with Crippen LogP contribution >= 0.6 is 0 Å². The molecule has 0 aromatic carbocycles. The van der Waals surface area contributed by atoms with Crippen molar-refractivity contribution in [1.82, 2.24) is 4.98 Å². The number of nitrogens with two attached hydrogens (primary N) is 1. The molecular weight excluding hydrogens is 194 g/mol. The highest BCUT2D eigenvalue weighted by atomic mass is 16.5. The number of hydrogen-bond donors (Lipinski definition) is 2. The second-order valence-corrected chi connectivity index (χ2v) is 3.06. The monoisotopic (exact) mass is 209 g/mol. The number of hydrogen-bond acceptors (Lipinski definition) is 5. The Morgan fingerprint density at radius 1 is 1.73 bits per heavy atom. The number of esters is 1. The minimum Gasteiger partial charge on any atom is -0.464 e. The molecule has 0 bridgehead atoms. The topological polar surface area (TPSA) is 77.2 Å². The molecule has 0 unspecified atom stereocenters. The fraction of sp³-hybridized carbons (Fsp3) is 0.400. The highest BCUT2D eigenvalue weighted by molar-refractivity contribution is 5.79. The molecule has 0 amide bonds. The van der Waals surface area contributed by atoms with Gasteiger partial charge in [-0.2, -0.15) is 0 Å². The van der Waals surface area contributed by atoms with E-state index in [9.17, 15) is 4.79 Å². The van der Waals surface area contributed by atoms with E-state index in [2.05, 4.69) is 10.3 Å². The predicted octanol–water partition coefficient (Wildman–Crippen LogP) is 1.03. The highest BCUT2D eigenvalue weighted by Crippen LogP contribution is 2.14. The maximum atomic E-state index is 11.3. The summed E-state index contributed by atoms with van der Waals surface area (Å²) in [5.74, 6) is 0.181. The zero-order valence-electron chi connectivity index (χ0n) is 8.86. The molecule has 0 aliphatic rings. The molecule has 5 heteroatoms. The number of pyridine rings is 1. The van der Waals surface area contributed by atoms with E-state index < -0.39 is 6.04 Å². The first-order valence-corrected chi connectivity index (χ1v) is 4.78. The van der Waals surface area contributed by atoms with Crippen LogP contribution in [0.25, 0.3) is 0 Å². The third-order valence-corrected chi connectivity index (χ3v) is 1.83. The zero-order chi connectivity index (χ0) is 11.3. The number of nitrogens with zero attached hydrogens (tertiary/aromatic N) is 1. The van der Waals surface area contributed by atoms with Crippen LogP contribution in [0.15, 0.2) is 18.3 Å². The molecule has 0 aliphatic heterocycles. The van der Waals surface area contributed by atoms with E-state index in [4.69, 9.17) is 10.5 Å². The van der Waals surface area contributed by atoms with E-state index in [1.54, 1.807) is 32.2 Å². The first-order chi connectivity index (χ1) is 7.15. The average molecular weight is 209 g/mol. The molecule has 15 heavy (non-hydrogen) atoms. The molecule has 0 spiro atoms. The summed E-state index contributed by atoms with van der Waals surface area (Å²) in [6.45, 7) is 3.83. The van der Waals surface area contributed by atoms with Crippen molar-refractivity contribution in [2.45, 2.75) is 19.9 Å². The Balaban J connectivity index is 2.62. The third kappa shape index (κ3) is 3.12. The van der Waals surface area contributed by atoms with Crippen LogP contribution < -0.4 is 11.1 Å². The first-order valence-electron chi connectivity index (χ1n) is 4.78. The number of anilines is 2. The summed E-state index contributed by atoms with van der Waals surface area (Å²) in [5, 5.41) is 2.88. The van der Waals surface area contributed by atoms with Crippen molar-refractivity contribution in [2.75, 3.05) is 17.7 Å². The Kier molecular flexibility index (Phi) is 3.91. The Bertz CT molecular complexity index is 341. The largest absolute Gasteiger partial charge is 0.464 e. The fourth-order valence-electron chi connectivity index (χ4n) is 1.07. The second-order valence-electron chi connectivity index (χ2n) is 3.06. The van der Waals surface area contributed by atoms with Crippen molar-refractivity contribution in [1.29, 1.82) is 0 Å². The van der Waals surface area contributed by atoms with Crippen molar-refractivity contribution in [3.8, 4) is 0 Å². The van der Waals surface area contributed by atoms with Crippen LogP contribution in [-0.2, 0) is 9.53 Å². The lowest BCUT2D eigenvalue weighted by molar-refractivity contribution is -0.143. The van der Waals surface area contributed by atoms with Gasteiger partial charge in [0.1, 0.15) is 11.9 Å². The van der Waals surface area contributed by atoms with Crippen LogP contribution in [0.1, 0.15) is 13.8 Å². The van der Waals surface area contributed by atoms with Gasteiger partial charge in [-0.15, -0.1) is 0 Å². The minimum atomic E-state index is -0.456. The van der Waals surface area contributed by atoms with Gasteiger partial charge in [0.2, 0.25) is 0 Å². The van der Waals surface area contributed by atoms with Gasteiger partial charge in [-0.3, -0.25) is 0 Å². The van der Waals surface area contributed by atoms with Crippen molar-refractivity contribution in [3.63, 3.8) is 0 Å². The maximum Gasteiger partial charge on any atom is 0.328 e. The highest BCUT2D eigenvalue weighted by Gasteiger charge is 2.14. The lowest BCUT2D eigenvalue weighted by atomic mass is 10.3. The molecule has 1 atom stereocenters. The van der Waals surface area contributed by atoms with Gasteiger partial charge < -0.3 is 15.8 Å². The number of nitrogen functional groups attached to an aromatic ring is 1. The van der Waals surface area contributed by atoms with Crippen LogP contribution in [0.2, 0.25) is 0 Å². The van der Waals surface area contributed by atoms with E-state index in [1.807, 2.05) is 0 Å². The summed E-state index contributed by atoms with van der Waals surface area (Å²) in [6.07, 6.45) is 1.61. The number of carbonyl (C=O) groups excluding carboxylic acids is 1. The number of ether oxygens (including phenoxy) is 1. The Hall–Kier alpha value is -1.78. The molecule has 0 saturated carbocycles. The second kappa shape index (κ2) is 5.19. The van der Waals surface area contributed by atoms with Crippen LogP contribution in [0.3, 0.4) is 0 Å². The van der Waals surface area contributed by atoms with Crippen molar-refractivity contribution in [3.05, 3.63) is 18.3 Å². The van der Waals surface area contributed by atoms with Crippen LogP contribution in [0.5, 0.6) is 0 Å². The lowest BCUT2D eigenvalue weighted by Crippen LogP contribution is -2.28. The molecule has 1 heterocycles. The van der Waals surface area contributed by atoms with Gasteiger partial charge in [0.25, 0.3) is 0 Å². The molecule has 3 N–H and O–H groups in total. The maximum absolute atomic E-state index is 11.3. The number of carbonyl (C=O) groups is 1. The van der Waals surface area contributed by atoms with Gasteiger partial charge >= 0.3 is 5.97 Å². The average Bonchev–Trinajstić information content (AvgIpc) is 2.21. The van der Waals surface area contributed by atoms with E-state index >= 15 is 0 Å². The van der Waals surface area contributed by atoms with Gasteiger partial charge in [0.05, 0.1) is 12.3 Å². The predicted molar refractivity (Wildman–Crippen MR) is 58.4 cm³/mol. The molecule has 1 rings (SSSR count). The summed E-state index contributed by atoms with van der Waals surface area (Å²) >= 11 is 0. The fourth-order valence-corrected chi connectivity index (χ4v) is 1.07. The lowest BCUT2D eigenvalue weighted by Gasteiger charge is -2.14. The molecule has 0 fully saturated rings. The summed E-state index contributed by atoms with van der Waals surface area (Å²) in [5.41, 5.74) is 6.17. The van der Waals surface area contributed by atoms with Gasteiger partial charge in [-0.1, -0.05) is 0 Å². The summed E-state index contributed by atoms with van der Waals surface area (Å²) in [6, 6.07) is 2.99. The normalized spacial score (nSPS) is 11.9. The molecule has 1 aromatic rings. The first kappa shape index (κ1) is 11.3. The summed E-state index contributed by atoms with van der Waals surface area (Å²) < 4.78 is 4.85. The summed E-state index contributed by atoms with van der Waals surface area (Å²) in [7, 11) is 0. The Morgan fingerprint density at radius 2 is 2.47 bits per heavy atom. The van der Waals surface area contributed by atoms with Crippen LogP contribution in [0.4, 0.5) is 11.5 Å².